The van der Waals surface area contributed by atoms with Crippen molar-refractivity contribution in [3.05, 3.63) is 0 Å². The van der Waals surface area contributed by atoms with Gasteiger partial charge < -0.3 is 15.2 Å². The zero-order valence-electron chi connectivity index (χ0n) is 13.3. The average Bonchev–Trinajstić information content (AvgIpc) is 2.35. The Morgan fingerprint density at radius 2 is 2.16 bits per heavy atom. The van der Waals surface area contributed by atoms with E-state index in [4.69, 9.17) is 4.74 Å². The van der Waals surface area contributed by atoms with Crippen molar-refractivity contribution in [1.82, 2.24) is 10.2 Å². The molecule has 0 saturated carbocycles. The van der Waals surface area contributed by atoms with Crippen molar-refractivity contribution >= 4 is 0 Å². The van der Waals surface area contributed by atoms with E-state index in [-0.39, 0.29) is 17.7 Å². The van der Waals surface area contributed by atoms with Crippen molar-refractivity contribution in [2.24, 2.45) is 0 Å². The summed E-state index contributed by atoms with van der Waals surface area (Å²) in [7, 11) is 0. The summed E-state index contributed by atoms with van der Waals surface area (Å²) in [6, 6.07) is 0.449. The SMILES string of the molecule is CCCNC(C)(CO)CC(C)N1CCOC(C)(C)C1. The van der Waals surface area contributed by atoms with Gasteiger partial charge in [0.15, 0.2) is 0 Å². The van der Waals surface area contributed by atoms with Crippen molar-refractivity contribution in [2.75, 3.05) is 32.8 Å². The molecule has 4 heteroatoms. The van der Waals surface area contributed by atoms with Gasteiger partial charge in [0.1, 0.15) is 0 Å². The maximum Gasteiger partial charge on any atom is 0.0753 e. The molecule has 1 saturated heterocycles. The summed E-state index contributed by atoms with van der Waals surface area (Å²) in [5.74, 6) is 0. The molecule has 19 heavy (non-hydrogen) atoms. The van der Waals surface area contributed by atoms with E-state index in [2.05, 4.69) is 44.8 Å². The molecule has 1 aliphatic heterocycles. The fourth-order valence-electron chi connectivity index (χ4n) is 2.83. The third-order valence-corrected chi connectivity index (χ3v) is 3.98. The number of morpholine rings is 1. The topological polar surface area (TPSA) is 44.7 Å². The first-order valence-electron chi connectivity index (χ1n) is 7.56. The van der Waals surface area contributed by atoms with Gasteiger partial charge in [0.25, 0.3) is 0 Å². The highest BCUT2D eigenvalue weighted by Crippen LogP contribution is 2.22. The predicted octanol–water partition coefficient (Wildman–Crippen LogP) is 1.63. The van der Waals surface area contributed by atoms with Crippen LogP contribution in [0.1, 0.15) is 47.5 Å². The van der Waals surface area contributed by atoms with Gasteiger partial charge in [-0.05, 0) is 47.1 Å². The number of hydrogen-bond donors (Lipinski definition) is 2. The molecule has 2 N–H and O–H groups in total. The number of nitrogens with one attached hydrogen (secondary N) is 1. The molecule has 0 aromatic rings. The zero-order valence-corrected chi connectivity index (χ0v) is 13.3. The van der Waals surface area contributed by atoms with Gasteiger partial charge in [0, 0.05) is 24.7 Å². The van der Waals surface area contributed by atoms with Crippen LogP contribution in [0.4, 0.5) is 0 Å². The van der Waals surface area contributed by atoms with Crippen molar-refractivity contribution in [3.8, 4) is 0 Å². The second-order valence-corrected chi connectivity index (χ2v) is 6.78. The fourth-order valence-corrected chi connectivity index (χ4v) is 2.83. The molecule has 0 aromatic carbocycles. The van der Waals surface area contributed by atoms with E-state index in [1.807, 2.05) is 0 Å². The van der Waals surface area contributed by atoms with Gasteiger partial charge in [0.2, 0.25) is 0 Å². The van der Waals surface area contributed by atoms with Gasteiger partial charge in [0.05, 0.1) is 18.8 Å². The minimum Gasteiger partial charge on any atom is -0.394 e. The number of aliphatic hydroxyl groups is 1. The highest BCUT2D eigenvalue weighted by molar-refractivity contribution is 4.90. The van der Waals surface area contributed by atoms with Crippen LogP contribution in [0.3, 0.4) is 0 Å². The van der Waals surface area contributed by atoms with E-state index in [1.165, 1.54) is 0 Å². The van der Waals surface area contributed by atoms with Crippen LogP contribution in [0.5, 0.6) is 0 Å². The normalized spacial score (nSPS) is 24.9. The second kappa shape index (κ2) is 7.02. The van der Waals surface area contributed by atoms with Crippen LogP contribution in [-0.4, -0.2) is 60.0 Å². The number of aliphatic hydroxyl groups excluding tert-OH is 1. The highest BCUT2D eigenvalue weighted by Gasteiger charge is 2.33. The molecule has 2 atom stereocenters. The highest BCUT2D eigenvalue weighted by atomic mass is 16.5. The van der Waals surface area contributed by atoms with Gasteiger partial charge in [-0.15, -0.1) is 0 Å². The Hall–Kier alpha value is -0.160. The van der Waals surface area contributed by atoms with Crippen LogP contribution >= 0.6 is 0 Å². The number of hydrogen-bond acceptors (Lipinski definition) is 4. The van der Waals surface area contributed by atoms with Crippen LogP contribution in [0.15, 0.2) is 0 Å². The molecule has 0 aromatic heterocycles. The Labute approximate surface area is 118 Å². The first kappa shape index (κ1) is 16.9. The van der Waals surface area contributed by atoms with E-state index in [0.29, 0.717) is 6.04 Å². The third-order valence-electron chi connectivity index (χ3n) is 3.98. The Morgan fingerprint density at radius 3 is 2.68 bits per heavy atom. The Balaban J connectivity index is 2.54. The van der Waals surface area contributed by atoms with E-state index < -0.39 is 0 Å². The quantitative estimate of drug-likeness (QED) is 0.739. The predicted molar refractivity (Wildman–Crippen MR) is 79.5 cm³/mol. The van der Waals surface area contributed by atoms with Gasteiger partial charge >= 0.3 is 0 Å². The monoisotopic (exact) mass is 272 g/mol. The first-order chi connectivity index (χ1) is 8.82. The second-order valence-electron chi connectivity index (χ2n) is 6.78. The Morgan fingerprint density at radius 1 is 1.47 bits per heavy atom. The van der Waals surface area contributed by atoms with Crippen molar-refractivity contribution < 1.29 is 9.84 Å². The summed E-state index contributed by atoms with van der Waals surface area (Å²) < 4.78 is 5.76. The summed E-state index contributed by atoms with van der Waals surface area (Å²) in [5, 5.41) is 13.1. The molecule has 1 aliphatic rings. The fraction of sp³-hybridized carbons (Fsp3) is 1.00. The molecule has 0 amide bonds. The van der Waals surface area contributed by atoms with E-state index in [0.717, 1.165) is 39.1 Å². The molecular formula is C15H32N2O2. The molecule has 0 bridgehead atoms. The molecule has 1 rings (SSSR count). The third kappa shape index (κ3) is 5.38. The first-order valence-corrected chi connectivity index (χ1v) is 7.56. The van der Waals surface area contributed by atoms with E-state index in [9.17, 15) is 5.11 Å². The number of rotatable bonds is 7. The maximum absolute atomic E-state index is 9.66. The average molecular weight is 272 g/mol. The number of nitrogens with zero attached hydrogens (tertiary/aromatic N) is 1. The van der Waals surface area contributed by atoms with Crippen molar-refractivity contribution in [2.45, 2.75) is 64.6 Å². The summed E-state index contributed by atoms with van der Waals surface area (Å²) in [6.45, 7) is 14.7. The lowest BCUT2D eigenvalue weighted by atomic mass is 9.92. The minimum atomic E-state index is -0.183. The summed E-state index contributed by atoms with van der Waals surface area (Å²) in [4.78, 5) is 2.48. The standard InChI is InChI=1S/C15H32N2O2/c1-6-7-16-15(5,12-18)10-13(2)17-8-9-19-14(3,4)11-17/h13,16,18H,6-12H2,1-5H3. The van der Waals surface area contributed by atoms with Gasteiger partial charge in [-0.2, -0.15) is 0 Å². The van der Waals surface area contributed by atoms with Gasteiger partial charge in [-0.3, -0.25) is 4.90 Å². The van der Waals surface area contributed by atoms with Gasteiger partial charge in [-0.1, -0.05) is 6.92 Å². The summed E-state index contributed by atoms with van der Waals surface area (Å²) in [5.41, 5.74) is -0.239. The maximum atomic E-state index is 9.66. The van der Waals surface area contributed by atoms with Crippen LogP contribution in [0, 0.1) is 0 Å². The lowest BCUT2D eigenvalue weighted by molar-refractivity contribution is -0.0984. The Bertz CT molecular complexity index is 271. The molecular weight excluding hydrogens is 240 g/mol. The molecule has 0 radical (unpaired) electrons. The zero-order chi connectivity index (χ0) is 14.5. The smallest absolute Gasteiger partial charge is 0.0753 e. The van der Waals surface area contributed by atoms with Crippen LogP contribution in [-0.2, 0) is 4.74 Å². The lowest BCUT2D eigenvalue weighted by Gasteiger charge is -2.43. The van der Waals surface area contributed by atoms with Crippen molar-refractivity contribution in [3.63, 3.8) is 0 Å². The molecule has 114 valence electrons. The van der Waals surface area contributed by atoms with Crippen LogP contribution < -0.4 is 5.32 Å². The molecule has 2 unspecified atom stereocenters. The van der Waals surface area contributed by atoms with Gasteiger partial charge in [-0.25, -0.2) is 0 Å². The minimum absolute atomic E-state index is 0.0566. The van der Waals surface area contributed by atoms with E-state index in [1.54, 1.807) is 0 Å². The number of ether oxygens (including phenoxy) is 1. The molecule has 4 nitrogen and oxygen atoms in total. The largest absolute Gasteiger partial charge is 0.394 e. The molecule has 1 fully saturated rings. The van der Waals surface area contributed by atoms with Crippen LogP contribution in [0.25, 0.3) is 0 Å². The summed E-state index contributed by atoms with van der Waals surface area (Å²) in [6.07, 6.45) is 2.05. The van der Waals surface area contributed by atoms with E-state index >= 15 is 0 Å². The molecule has 0 aliphatic carbocycles. The van der Waals surface area contributed by atoms with Crippen molar-refractivity contribution in [1.29, 1.82) is 0 Å². The Kier molecular flexibility index (Phi) is 6.24. The molecule has 1 heterocycles. The van der Waals surface area contributed by atoms with Crippen LogP contribution in [0.2, 0.25) is 0 Å². The molecule has 0 spiro atoms. The lowest BCUT2D eigenvalue weighted by Crippen LogP contribution is -2.55. The summed E-state index contributed by atoms with van der Waals surface area (Å²) >= 11 is 0.